The molecule has 0 saturated heterocycles. The van der Waals surface area contributed by atoms with E-state index >= 15 is 0 Å². The quantitative estimate of drug-likeness (QED) is 0.576. The molecule has 2 aliphatic rings. The van der Waals surface area contributed by atoms with E-state index < -0.39 is 18.3 Å². The van der Waals surface area contributed by atoms with E-state index in [1.807, 2.05) is 0 Å². The van der Waals surface area contributed by atoms with Gasteiger partial charge in [0, 0.05) is 0 Å². The maximum atomic E-state index is 2.63. The van der Waals surface area contributed by atoms with Crippen molar-refractivity contribution in [3.63, 3.8) is 0 Å². The fourth-order valence-electron chi connectivity index (χ4n) is 4.73. The van der Waals surface area contributed by atoms with Crippen molar-refractivity contribution in [2.24, 2.45) is 0 Å². The van der Waals surface area contributed by atoms with E-state index in [0.717, 1.165) is 0 Å². The van der Waals surface area contributed by atoms with Crippen LogP contribution in [0.3, 0.4) is 0 Å². The monoisotopic (exact) mass is 378 g/mol. The van der Waals surface area contributed by atoms with Crippen LogP contribution >= 0.6 is 0 Å². The molecule has 0 spiro atoms. The molecular weight excluding hydrogens is 355 g/mol. The van der Waals surface area contributed by atoms with Crippen LogP contribution < -0.4 is 0 Å². The molecule has 0 saturated carbocycles. The minimum absolute atomic E-state index is 0.575. The summed E-state index contributed by atoms with van der Waals surface area (Å²) in [6.45, 7) is 2.31. The molecule has 0 fully saturated rings. The number of benzene rings is 2. The Morgan fingerprint density at radius 3 is 1.74 bits per heavy atom. The Kier molecular flexibility index (Phi) is 3.36. The third-order valence-electron chi connectivity index (χ3n) is 6.45. The number of allylic oxidation sites excluding steroid dienone is 4. The molecule has 1 heteroatoms. The summed E-state index contributed by atoms with van der Waals surface area (Å²) in [5, 5.41) is 0. The molecule has 2 aromatic carbocycles. The summed E-state index contributed by atoms with van der Waals surface area (Å²) in [7, 11) is 0. The standard InChI is InChI=1S/C13H9.C5H5.C2H4.2CH3.Zr/c1-3-7-12-10(5-1)9-11-6-2-4-8-13(11)12;1-2-4-5-3-1;1-2;;;/h1-9H;1-5H;1H,2H3;2*1H3;. The zero-order valence-corrected chi connectivity index (χ0v) is 16.6. The first-order chi connectivity index (χ1) is 11.1. The second kappa shape index (κ2) is 5.08. The summed E-state index contributed by atoms with van der Waals surface area (Å²) >= 11 is -3.23. The van der Waals surface area contributed by atoms with Gasteiger partial charge in [0.15, 0.2) is 0 Å². The summed E-state index contributed by atoms with van der Waals surface area (Å²) in [4.78, 5) is 0. The van der Waals surface area contributed by atoms with Gasteiger partial charge in [-0.3, -0.25) is 0 Å². The normalized spacial score (nSPS) is 17.4. The molecule has 0 atom stereocenters. The molecule has 2 aliphatic carbocycles. The van der Waals surface area contributed by atoms with Gasteiger partial charge in [-0.25, -0.2) is 0 Å². The van der Waals surface area contributed by atoms with E-state index in [1.165, 1.54) is 11.1 Å². The van der Waals surface area contributed by atoms with Gasteiger partial charge in [0.2, 0.25) is 0 Å². The first-order valence-corrected chi connectivity index (χ1v) is 17.8. The molecule has 0 aliphatic heterocycles. The molecule has 0 nitrogen and oxygen atoms in total. The SMILES string of the molecule is C[CH]=[Zr]([CH3])([CH3])([CH]1C=CC=C1)[CH]1c2ccccc2-c2ccccc21. The van der Waals surface area contributed by atoms with Crippen LogP contribution in [0.15, 0.2) is 72.8 Å². The first kappa shape index (κ1) is 15.2. The molecule has 0 N–H and O–H groups in total. The zero-order chi connectivity index (χ0) is 16.1. The van der Waals surface area contributed by atoms with Crippen LogP contribution in [0.5, 0.6) is 0 Å². The number of hydrogen-bond donors (Lipinski definition) is 0. The van der Waals surface area contributed by atoms with E-state index in [-0.39, 0.29) is 0 Å². The second-order valence-corrected chi connectivity index (χ2v) is 25.8. The Morgan fingerprint density at radius 2 is 1.26 bits per heavy atom. The van der Waals surface area contributed by atoms with Gasteiger partial charge >= 0.3 is 141 Å². The average Bonchev–Trinajstić information content (AvgIpc) is 3.22. The van der Waals surface area contributed by atoms with Gasteiger partial charge in [-0.1, -0.05) is 0 Å². The van der Waals surface area contributed by atoms with Gasteiger partial charge in [0.25, 0.3) is 0 Å². The summed E-state index contributed by atoms with van der Waals surface area (Å²) in [5.41, 5.74) is 6.00. The second-order valence-electron chi connectivity index (χ2n) is 7.92. The predicted octanol–water partition coefficient (Wildman–Crippen LogP) is 6.28. The number of rotatable bonds is 2. The molecule has 0 aromatic heterocycles. The van der Waals surface area contributed by atoms with E-state index in [9.17, 15) is 0 Å². The molecule has 116 valence electrons. The first-order valence-electron chi connectivity index (χ1n) is 8.59. The molecule has 23 heavy (non-hydrogen) atoms. The third kappa shape index (κ3) is 2.02. The van der Waals surface area contributed by atoms with E-state index in [2.05, 4.69) is 92.7 Å². The zero-order valence-electron chi connectivity index (χ0n) is 14.2. The summed E-state index contributed by atoms with van der Waals surface area (Å²) < 4.78 is 9.10. The van der Waals surface area contributed by atoms with Crippen molar-refractivity contribution in [1.82, 2.24) is 0 Å². The minimum atomic E-state index is -3.23. The van der Waals surface area contributed by atoms with E-state index in [1.54, 1.807) is 11.1 Å². The average molecular weight is 380 g/mol. The topological polar surface area (TPSA) is 0 Å². The molecule has 0 radical (unpaired) electrons. The van der Waals surface area contributed by atoms with E-state index in [0.29, 0.717) is 7.25 Å². The van der Waals surface area contributed by atoms with Crippen LogP contribution in [0.25, 0.3) is 11.1 Å². The number of hydrogen-bond acceptors (Lipinski definition) is 0. The Hall–Kier alpha value is -1.33. The van der Waals surface area contributed by atoms with Gasteiger partial charge in [-0.2, -0.15) is 0 Å². The Labute approximate surface area is 140 Å². The summed E-state index contributed by atoms with van der Waals surface area (Å²) in [6, 6.07) is 18.1. The van der Waals surface area contributed by atoms with Crippen molar-refractivity contribution in [3.05, 3.63) is 84.0 Å². The molecule has 0 bridgehead atoms. The van der Waals surface area contributed by atoms with Gasteiger partial charge in [-0.05, 0) is 0 Å². The molecule has 4 rings (SSSR count). The predicted molar refractivity (Wildman–Crippen MR) is 99.2 cm³/mol. The van der Waals surface area contributed by atoms with Crippen LogP contribution in [0.1, 0.15) is 21.7 Å². The van der Waals surface area contributed by atoms with Gasteiger partial charge < -0.3 is 0 Å². The fraction of sp³-hybridized carbons (Fsp3) is 0.227. The van der Waals surface area contributed by atoms with Crippen molar-refractivity contribution in [1.29, 1.82) is 0 Å². The Morgan fingerprint density at radius 1 is 0.783 bits per heavy atom. The van der Waals surface area contributed by atoms with Gasteiger partial charge in [-0.15, -0.1) is 0 Å². The summed E-state index contributed by atoms with van der Waals surface area (Å²) in [6.07, 6.45) is 9.35. The third-order valence-corrected chi connectivity index (χ3v) is 23.1. The molecule has 2 aromatic rings. The van der Waals surface area contributed by atoms with Gasteiger partial charge in [0.1, 0.15) is 0 Å². The maximum absolute atomic E-state index is 3.23. The summed E-state index contributed by atoms with van der Waals surface area (Å²) in [5.74, 6) is 0. The van der Waals surface area contributed by atoms with Crippen molar-refractivity contribution in [2.45, 2.75) is 23.4 Å². The van der Waals surface area contributed by atoms with Crippen molar-refractivity contribution < 1.29 is 18.3 Å². The van der Waals surface area contributed by atoms with Crippen molar-refractivity contribution >= 4 is 3.71 Å². The van der Waals surface area contributed by atoms with Crippen LogP contribution in [-0.4, -0.2) is 3.71 Å². The molecule has 0 amide bonds. The van der Waals surface area contributed by atoms with Crippen LogP contribution in [0, 0.1) is 0 Å². The number of fused-ring (bicyclic) bond motifs is 3. The van der Waals surface area contributed by atoms with Crippen molar-refractivity contribution in [2.75, 3.05) is 0 Å². The fourth-order valence-corrected chi connectivity index (χ4v) is 17.0. The molecular formula is C22H24Zr. The van der Waals surface area contributed by atoms with E-state index in [4.69, 9.17) is 0 Å². The van der Waals surface area contributed by atoms with Gasteiger partial charge in [0.05, 0.1) is 0 Å². The van der Waals surface area contributed by atoms with Crippen LogP contribution in [0.4, 0.5) is 0 Å². The Bertz CT molecular complexity index is 848. The molecule has 0 unspecified atom stereocenters. The van der Waals surface area contributed by atoms with Crippen molar-refractivity contribution in [3.8, 4) is 11.1 Å². The van der Waals surface area contributed by atoms with Crippen LogP contribution in [0.2, 0.25) is 12.9 Å². The Balaban J connectivity index is 2.06. The molecule has 0 heterocycles. The van der Waals surface area contributed by atoms with Crippen LogP contribution in [-0.2, 0) is 18.3 Å².